The van der Waals surface area contributed by atoms with E-state index < -0.39 is 0 Å². The van der Waals surface area contributed by atoms with Crippen LogP contribution in [0.2, 0.25) is 0 Å². The minimum atomic E-state index is -0.240. The smallest absolute Gasteiger partial charge is 0.176 e. The Morgan fingerprint density at radius 1 is 0.917 bits per heavy atom. The predicted molar refractivity (Wildman–Crippen MR) is 92.9 cm³/mol. The van der Waals surface area contributed by atoms with Gasteiger partial charge in [0.15, 0.2) is 30.5 Å². The number of hydrogen-bond acceptors (Lipinski definition) is 3. The first-order chi connectivity index (χ1) is 11.7. The normalized spacial score (nSPS) is 11.2. The molecule has 1 aromatic heterocycles. The molecule has 122 valence electrons. The van der Waals surface area contributed by atoms with Crippen molar-refractivity contribution in [1.82, 2.24) is 0 Å². The maximum Gasteiger partial charge on any atom is 0.176 e. The molecular formula is C20H20NO3+. The Balaban J connectivity index is 1.89. The molecule has 0 fully saturated rings. The van der Waals surface area contributed by atoms with Crippen LogP contribution in [-0.4, -0.2) is 23.3 Å². The second-order valence-electron chi connectivity index (χ2n) is 5.29. The summed E-state index contributed by atoms with van der Waals surface area (Å²) >= 11 is 0. The summed E-state index contributed by atoms with van der Waals surface area (Å²) in [5.41, 5.74) is 1.76. The molecule has 0 saturated heterocycles. The number of hydrogen-bond donors (Lipinski definition) is 1. The van der Waals surface area contributed by atoms with E-state index in [9.17, 15) is 9.59 Å². The van der Waals surface area contributed by atoms with Gasteiger partial charge in [-0.05, 0) is 29.9 Å². The Bertz CT molecular complexity index is 748. The average molecular weight is 322 g/mol. The van der Waals surface area contributed by atoms with Crippen molar-refractivity contribution in [3.8, 4) is 0 Å². The SMILES string of the molecule is O=C(C=Cc1ccccc1)CC(=O)C=Cc1ccc[n+](CCO)c1. The fourth-order valence-corrected chi connectivity index (χ4v) is 2.13. The van der Waals surface area contributed by atoms with Crippen LogP contribution in [0.1, 0.15) is 17.5 Å². The van der Waals surface area contributed by atoms with Crippen LogP contribution in [0.5, 0.6) is 0 Å². The topological polar surface area (TPSA) is 58.2 Å². The third-order valence-electron chi connectivity index (χ3n) is 3.31. The lowest BCUT2D eigenvalue weighted by molar-refractivity contribution is -0.698. The summed E-state index contributed by atoms with van der Waals surface area (Å²) in [6.45, 7) is 0.553. The van der Waals surface area contributed by atoms with Crippen molar-refractivity contribution in [3.63, 3.8) is 0 Å². The maximum absolute atomic E-state index is 11.9. The molecule has 0 atom stereocenters. The van der Waals surface area contributed by atoms with E-state index >= 15 is 0 Å². The Morgan fingerprint density at radius 2 is 1.54 bits per heavy atom. The van der Waals surface area contributed by atoms with Gasteiger partial charge in [0, 0.05) is 11.6 Å². The molecule has 0 unspecified atom stereocenters. The van der Waals surface area contributed by atoms with Crippen LogP contribution in [0.3, 0.4) is 0 Å². The number of aliphatic hydroxyl groups excluding tert-OH is 1. The van der Waals surface area contributed by atoms with Crippen LogP contribution >= 0.6 is 0 Å². The second kappa shape index (κ2) is 9.33. The lowest BCUT2D eigenvalue weighted by Crippen LogP contribution is -2.34. The number of aliphatic hydroxyl groups is 1. The fraction of sp³-hybridized carbons (Fsp3) is 0.150. The molecule has 4 heteroatoms. The minimum Gasteiger partial charge on any atom is -0.390 e. The molecule has 0 spiro atoms. The molecular weight excluding hydrogens is 302 g/mol. The van der Waals surface area contributed by atoms with E-state index in [0.29, 0.717) is 6.54 Å². The van der Waals surface area contributed by atoms with E-state index in [2.05, 4.69) is 0 Å². The van der Waals surface area contributed by atoms with E-state index in [1.165, 1.54) is 12.2 Å². The van der Waals surface area contributed by atoms with Gasteiger partial charge >= 0.3 is 0 Å². The molecule has 0 amide bonds. The molecule has 0 aliphatic heterocycles. The molecule has 0 aliphatic carbocycles. The van der Waals surface area contributed by atoms with Gasteiger partial charge in [-0.3, -0.25) is 9.59 Å². The van der Waals surface area contributed by atoms with Crippen molar-refractivity contribution < 1.29 is 19.3 Å². The number of ketones is 2. The Hall–Kier alpha value is -2.85. The van der Waals surface area contributed by atoms with Gasteiger partial charge < -0.3 is 5.11 Å². The van der Waals surface area contributed by atoms with Crippen molar-refractivity contribution >= 4 is 23.7 Å². The molecule has 1 heterocycles. The first-order valence-electron chi connectivity index (χ1n) is 7.74. The molecule has 0 aliphatic rings. The number of rotatable bonds is 8. The van der Waals surface area contributed by atoms with Crippen molar-refractivity contribution in [2.24, 2.45) is 0 Å². The Morgan fingerprint density at radius 3 is 2.21 bits per heavy atom. The molecule has 24 heavy (non-hydrogen) atoms. The number of allylic oxidation sites excluding steroid dienone is 2. The van der Waals surface area contributed by atoms with Crippen LogP contribution in [0, 0.1) is 0 Å². The van der Waals surface area contributed by atoms with Gasteiger partial charge in [0.25, 0.3) is 0 Å². The summed E-state index contributed by atoms with van der Waals surface area (Å²) in [5, 5.41) is 8.92. The zero-order chi connectivity index (χ0) is 17.2. The Labute approximate surface area is 141 Å². The zero-order valence-electron chi connectivity index (χ0n) is 13.3. The molecule has 1 aromatic carbocycles. The van der Waals surface area contributed by atoms with Crippen LogP contribution < -0.4 is 4.57 Å². The lowest BCUT2D eigenvalue weighted by atomic mass is 10.1. The average Bonchev–Trinajstić information content (AvgIpc) is 2.60. The van der Waals surface area contributed by atoms with Gasteiger partial charge in [0.05, 0.1) is 6.42 Å². The van der Waals surface area contributed by atoms with Gasteiger partial charge in [-0.1, -0.05) is 36.4 Å². The van der Waals surface area contributed by atoms with Gasteiger partial charge in [-0.15, -0.1) is 0 Å². The van der Waals surface area contributed by atoms with Gasteiger partial charge in [0.1, 0.15) is 6.61 Å². The third kappa shape index (κ3) is 6.10. The predicted octanol–water partition coefficient (Wildman–Crippen LogP) is 2.22. The fourth-order valence-electron chi connectivity index (χ4n) is 2.13. The van der Waals surface area contributed by atoms with Crippen LogP contribution in [-0.2, 0) is 16.1 Å². The summed E-state index contributed by atoms with van der Waals surface area (Å²) in [7, 11) is 0. The van der Waals surface area contributed by atoms with Crippen molar-refractivity contribution in [2.75, 3.05) is 6.61 Å². The number of carbonyl (C=O) groups is 2. The highest BCUT2D eigenvalue weighted by atomic mass is 16.3. The summed E-state index contributed by atoms with van der Waals surface area (Å²) < 4.78 is 1.83. The van der Waals surface area contributed by atoms with E-state index in [1.54, 1.807) is 12.2 Å². The molecule has 0 bridgehead atoms. The highest BCUT2D eigenvalue weighted by Crippen LogP contribution is 2.03. The third-order valence-corrected chi connectivity index (χ3v) is 3.31. The largest absolute Gasteiger partial charge is 0.390 e. The van der Waals surface area contributed by atoms with Gasteiger partial charge in [0.2, 0.25) is 0 Å². The second-order valence-corrected chi connectivity index (χ2v) is 5.29. The molecule has 2 rings (SSSR count). The van der Waals surface area contributed by atoms with Crippen LogP contribution in [0.25, 0.3) is 12.2 Å². The first-order valence-corrected chi connectivity index (χ1v) is 7.74. The zero-order valence-corrected chi connectivity index (χ0v) is 13.3. The number of carbonyl (C=O) groups excluding carboxylic acids is 2. The van der Waals surface area contributed by atoms with E-state index in [-0.39, 0.29) is 24.6 Å². The molecule has 0 radical (unpaired) electrons. The minimum absolute atomic E-state index is 0.0546. The molecule has 0 saturated carbocycles. The van der Waals surface area contributed by atoms with Gasteiger partial charge in [-0.2, -0.15) is 0 Å². The Kier molecular flexibility index (Phi) is 6.80. The molecule has 1 N–H and O–H groups in total. The standard InChI is InChI=1S/C20H20NO3/c22-14-13-21-12-4-7-18(16-21)9-11-20(24)15-19(23)10-8-17-5-2-1-3-6-17/h1-12,16,22H,13-15H2/q+1. The number of pyridine rings is 1. The highest BCUT2D eigenvalue weighted by Gasteiger charge is 2.04. The van der Waals surface area contributed by atoms with Gasteiger partial charge in [-0.25, -0.2) is 4.57 Å². The number of aromatic nitrogens is 1. The van der Waals surface area contributed by atoms with Crippen LogP contribution in [0.15, 0.2) is 67.0 Å². The van der Waals surface area contributed by atoms with Crippen molar-refractivity contribution in [3.05, 3.63) is 78.1 Å². The monoisotopic (exact) mass is 322 g/mol. The lowest BCUT2D eigenvalue weighted by Gasteiger charge is -1.95. The number of nitrogens with zero attached hydrogens (tertiary/aromatic N) is 1. The van der Waals surface area contributed by atoms with E-state index in [4.69, 9.17) is 5.11 Å². The summed E-state index contributed by atoms with van der Waals surface area (Å²) in [6, 6.07) is 13.2. The summed E-state index contributed by atoms with van der Waals surface area (Å²) in [5.74, 6) is -0.466. The maximum atomic E-state index is 11.9. The number of benzene rings is 1. The first kappa shape index (κ1) is 17.5. The summed E-state index contributed by atoms with van der Waals surface area (Å²) in [4.78, 5) is 23.7. The van der Waals surface area contributed by atoms with Crippen molar-refractivity contribution in [1.29, 1.82) is 0 Å². The van der Waals surface area contributed by atoms with E-state index in [1.807, 2.05) is 59.4 Å². The summed E-state index contributed by atoms with van der Waals surface area (Å²) in [6.07, 6.45) is 9.73. The molecule has 4 nitrogen and oxygen atoms in total. The van der Waals surface area contributed by atoms with Crippen molar-refractivity contribution in [2.45, 2.75) is 13.0 Å². The van der Waals surface area contributed by atoms with E-state index in [0.717, 1.165) is 11.1 Å². The molecule has 2 aromatic rings. The quantitative estimate of drug-likeness (QED) is 0.460. The van der Waals surface area contributed by atoms with Crippen LogP contribution in [0.4, 0.5) is 0 Å². The highest BCUT2D eigenvalue weighted by molar-refractivity contribution is 6.10.